The number of Topliss-reactive ketones (excluding diaryl/α,β-unsaturated/α-hetero) is 1. The van der Waals surface area contributed by atoms with Gasteiger partial charge in [-0.15, -0.1) is 0 Å². The van der Waals surface area contributed by atoms with Gasteiger partial charge in [0.1, 0.15) is 5.41 Å². The van der Waals surface area contributed by atoms with Crippen LogP contribution in [0.4, 0.5) is 0 Å². The van der Waals surface area contributed by atoms with E-state index in [1.54, 1.807) is 6.08 Å². The van der Waals surface area contributed by atoms with Crippen LogP contribution < -0.4 is 0 Å². The summed E-state index contributed by atoms with van der Waals surface area (Å²) in [6.07, 6.45) is 2.52. The van der Waals surface area contributed by atoms with Crippen LogP contribution in [0.3, 0.4) is 0 Å². The molecule has 0 unspecified atom stereocenters. The number of ether oxygens (including phenoxy) is 4. The molecule has 6 heteroatoms. The first-order chi connectivity index (χ1) is 10.8. The Hall–Kier alpha value is -1.66. The van der Waals surface area contributed by atoms with E-state index in [1.165, 1.54) is 28.4 Å². The molecule has 0 bridgehead atoms. The Morgan fingerprint density at radius 3 is 2.22 bits per heavy atom. The van der Waals surface area contributed by atoms with Crippen LogP contribution in [-0.4, -0.2) is 46.0 Å². The number of allylic oxidation sites excluding steroid dienone is 2. The lowest BCUT2D eigenvalue weighted by molar-refractivity contribution is -0.250. The van der Waals surface area contributed by atoms with Gasteiger partial charge in [-0.05, 0) is 32.8 Å². The molecule has 0 aliphatic heterocycles. The first kappa shape index (κ1) is 17.7. The summed E-state index contributed by atoms with van der Waals surface area (Å²) in [4.78, 5) is 25.5. The number of rotatable bonds is 4. The molecule has 23 heavy (non-hydrogen) atoms. The summed E-state index contributed by atoms with van der Waals surface area (Å²) in [6, 6.07) is 0. The van der Waals surface area contributed by atoms with Crippen LogP contribution in [0.5, 0.6) is 0 Å². The van der Waals surface area contributed by atoms with E-state index >= 15 is 0 Å². The number of methoxy groups -OCH3 is 4. The third-order valence-electron chi connectivity index (χ3n) is 5.20. The Labute approximate surface area is 136 Å². The van der Waals surface area contributed by atoms with Crippen molar-refractivity contribution < 1.29 is 28.5 Å². The summed E-state index contributed by atoms with van der Waals surface area (Å²) < 4.78 is 21.3. The maximum atomic E-state index is 12.8. The maximum Gasteiger partial charge on any atom is 0.316 e. The van der Waals surface area contributed by atoms with Crippen molar-refractivity contribution in [1.29, 1.82) is 0 Å². The molecule has 0 spiro atoms. The number of esters is 1. The number of carbonyl (C=O) groups excluding carboxylic acids is 2. The summed E-state index contributed by atoms with van der Waals surface area (Å²) in [5.41, 5.74) is 1.16. The van der Waals surface area contributed by atoms with Crippen LogP contribution in [0.2, 0.25) is 0 Å². The van der Waals surface area contributed by atoms with Gasteiger partial charge in [0.25, 0.3) is 5.78 Å². The average Bonchev–Trinajstić information content (AvgIpc) is 2.56. The van der Waals surface area contributed by atoms with Crippen LogP contribution in [0.25, 0.3) is 0 Å². The lowest BCUT2D eigenvalue weighted by Gasteiger charge is -2.50. The molecule has 2 aliphatic carbocycles. The summed E-state index contributed by atoms with van der Waals surface area (Å²) >= 11 is 0. The van der Waals surface area contributed by atoms with Gasteiger partial charge in [0.05, 0.1) is 14.2 Å². The average molecular weight is 324 g/mol. The molecule has 2 rings (SSSR count). The van der Waals surface area contributed by atoms with E-state index in [2.05, 4.69) is 0 Å². The molecule has 0 saturated carbocycles. The molecule has 2 atom stereocenters. The van der Waals surface area contributed by atoms with E-state index in [9.17, 15) is 9.59 Å². The van der Waals surface area contributed by atoms with Crippen molar-refractivity contribution in [1.82, 2.24) is 0 Å². The highest BCUT2D eigenvalue weighted by Gasteiger charge is 2.64. The third kappa shape index (κ3) is 2.32. The van der Waals surface area contributed by atoms with Crippen molar-refractivity contribution in [2.75, 3.05) is 28.4 Å². The number of fused-ring (bicyclic) bond motifs is 1. The van der Waals surface area contributed by atoms with Crippen molar-refractivity contribution >= 4 is 11.8 Å². The standard InChI is InChI=1S/C17H24O6/c1-10-7-13-16(8-11(10)2,15(19)21-4)9-12(20-3)14(18)17(13,22-5)23-6/h9,13H,7-8H2,1-6H3/t13-,16+/m0/s1. The van der Waals surface area contributed by atoms with Crippen LogP contribution in [0.15, 0.2) is 23.0 Å². The van der Waals surface area contributed by atoms with E-state index in [1.807, 2.05) is 13.8 Å². The molecule has 0 aromatic carbocycles. The fraction of sp³-hybridized carbons (Fsp3) is 0.647. The van der Waals surface area contributed by atoms with Crippen LogP contribution in [0.1, 0.15) is 26.7 Å². The van der Waals surface area contributed by atoms with Crippen molar-refractivity contribution in [2.24, 2.45) is 11.3 Å². The minimum Gasteiger partial charge on any atom is -0.493 e. The second-order valence-corrected chi connectivity index (χ2v) is 6.14. The number of hydrogen-bond acceptors (Lipinski definition) is 6. The Morgan fingerprint density at radius 2 is 1.74 bits per heavy atom. The van der Waals surface area contributed by atoms with Gasteiger partial charge in [-0.2, -0.15) is 0 Å². The molecule has 0 N–H and O–H groups in total. The van der Waals surface area contributed by atoms with Crippen LogP contribution >= 0.6 is 0 Å². The molecule has 2 aliphatic rings. The van der Waals surface area contributed by atoms with Crippen molar-refractivity contribution in [2.45, 2.75) is 32.5 Å². The lowest BCUT2D eigenvalue weighted by atomic mass is 9.58. The first-order valence-corrected chi connectivity index (χ1v) is 7.48. The Bertz CT molecular complexity index is 584. The van der Waals surface area contributed by atoms with Gasteiger partial charge in [0, 0.05) is 20.1 Å². The largest absolute Gasteiger partial charge is 0.493 e. The monoisotopic (exact) mass is 324 g/mol. The smallest absolute Gasteiger partial charge is 0.316 e. The van der Waals surface area contributed by atoms with Gasteiger partial charge in [0.15, 0.2) is 5.76 Å². The van der Waals surface area contributed by atoms with Crippen LogP contribution in [-0.2, 0) is 28.5 Å². The zero-order valence-corrected chi connectivity index (χ0v) is 14.5. The normalized spacial score (nSPS) is 29.7. The second-order valence-electron chi connectivity index (χ2n) is 6.14. The minimum absolute atomic E-state index is 0.0581. The second kappa shape index (κ2) is 6.09. The summed E-state index contributed by atoms with van der Waals surface area (Å²) in [6.45, 7) is 3.97. The highest BCUT2D eigenvalue weighted by molar-refractivity contribution is 6.03. The van der Waals surface area contributed by atoms with E-state index in [4.69, 9.17) is 18.9 Å². The quantitative estimate of drug-likeness (QED) is 0.447. The first-order valence-electron chi connectivity index (χ1n) is 7.48. The molecule has 0 saturated heterocycles. The Kier molecular flexibility index (Phi) is 4.69. The summed E-state index contributed by atoms with van der Waals surface area (Å²) in [7, 11) is 5.54. The lowest BCUT2D eigenvalue weighted by Crippen LogP contribution is -2.62. The number of hydrogen-bond donors (Lipinski definition) is 0. The van der Waals surface area contributed by atoms with Gasteiger partial charge in [0.2, 0.25) is 5.79 Å². The maximum absolute atomic E-state index is 12.8. The van der Waals surface area contributed by atoms with Gasteiger partial charge in [-0.3, -0.25) is 9.59 Å². The zero-order chi connectivity index (χ0) is 17.4. The van der Waals surface area contributed by atoms with Gasteiger partial charge >= 0.3 is 5.97 Å². The van der Waals surface area contributed by atoms with E-state index < -0.39 is 28.9 Å². The molecule has 0 aromatic rings. The predicted molar refractivity (Wildman–Crippen MR) is 82.4 cm³/mol. The van der Waals surface area contributed by atoms with Crippen molar-refractivity contribution in [3.05, 3.63) is 23.0 Å². The Morgan fingerprint density at radius 1 is 1.13 bits per heavy atom. The fourth-order valence-electron chi connectivity index (χ4n) is 3.80. The van der Waals surface area contributed by atoms with Gasteiger partial charge < -0.3 is 18.9 Å². The molecule has 0 amide bonds. The molecular weight excluding hydrogens is 300 g/mol. The molecule has 0 radical (unpaired) electrons. The minimum atomic E-state index is -1.57. The van der Waals surface area contributed by atoms with Crippen molar-refractivity contribution in [3.63, 3.8) is 0 Å². The van der Waals surface area contributed by atoms with Crippen LogP contribution in [0, 0.1) is 11.3 Å². The van der Waals surface area contributed by atoms with Gasteiger partial charge in [-0.1, -0.05) is 11.1 Å². The topological polar surface area (TPSA) is 71.1 Å². The highest BCUT2D eigenvalue weighted by Crippen LogP contribution is 2.55. The predicted octanol–water partition coefficient (Wildman–Crippen LogP) is 1.99. The molecule has 6 nitrogen and oxygen atoms in total. The SMILES string of the molecule is COC(=O)[C@]12C=C(OC)C(=O)C(OC)(OC)[C@H]1CC(C)=C(C)C2. The number of ketones is 1. The highest BCUT2D eigenvalue weighted by atomic mass is 16.7. The zero-order valence-electron chi connectivity index (χ0n) is 14.5. The third-order valence-corrected chi connectivity index (χ3v) is 5.20. The molecule has 128 valence electrons. The molecule has 0 aromatic heterocycles. The van der Waals surface area contributed by atoms with E-state index in [-0.39, 0.29) is 5.76 Å². The Balaban J connectivity index is 2.77. The summed E-state index contributed by atoms with van der Waals surface area (Å²) in [5.74, 6) is -2.87. The fourth-order valence-corrected chi connectivity index (χ4v) is 3.80. The van der Waals surface area contributed by atoms with Crippen molar-refractivity contribution in [3.8, 4) is 0 Å². The van der Waals surface area contributed by atoms with E-state index in [0.29, 0.717) is 12.8 Å². The molecule has 0 fully saturated rings. The number of carbonyl (C=O) groups is 2. The van der Waals surface area contributed by atoms with Gasteiger partial charge in [-0.25, -0.2) is 0 Å². The van der Waals surface area contributed by atoms with E-state index in [0.717, 1.165) is 11.1 Å². The molecule has 0 heterocycles. The summed E-state index contributed by atoms with van der Waals surface area (Å²) in [5, 5.41) is 0. The molecular formula is C17H24O6.